The van der Waals surface area contributed by atoms with Gasteiger partial charge in [0.1, 0.15) is 11.2 Å². The molecule has 3 aromatic carbocycles. The SMILES string of the molecule is O=C(CCCc1ccc(N2CCCC2)cc1)Nc1ccc(-c2nc(N3CCOCC3)c3onc(C4CCN(Cc5ccccc5)CC4)c3n2)cc1. The number of rotatable bonds is 11. The highest BCUT2D eigenvalue weighted by Gasteiger charge is 2.29. The topological polar surface area (TPSA) is 99.9 Å². The van der Waals surface area contributed by atoms with Gasteiger partial charge in [-0.2, -0.15) is 0 Å². The maximum Gasteiger partial charge on any atom is 0.227 e. The van der Waals surface area contributed by atoms with Gasteiger partial charge in [0.2, 0.25) is 11.5 Å². The van der Waals surface area contributed by atoms with Crippen molar-refractivity contribution in [2.24, 2.45) is 0 Å². The van der Waals surface area contributed by atoms with E-state index < -0.39 is 0 Å². The molecule has 10 heteroatoms. The Morgan fingerprint density at radius 1 is 0.784 bits per heavy atom. The van der Waals surface area contributed by atoms with Crippen molar-refractivity contribution in [3.63, 3.8) is 0 Å². The van der Waals surface area contributed by atoms with Crippen LogP contribution in [0.25, 0.3) is 22.5 Å². The van der Waals surface area contributed by atoms with Crippen molar-refractivity contribution in [2.45, 2.75) is 57.4 Å². The molecule has 0 unspecified atom stereocenters. The van der Waals surface area contributed by atoms with Crippen LogP contribution in [0.3, 0.4) is 0 Å². The van der Waals surface area contributed by atoms with E-state index in [1.165, 1.54) is 29.7 Å². The molecular formula is C41H47N7O3. The molecule has 3 saturated heterocycles. The lowest BCUT2D eigenvalue weighted by Gasteiger charge is -2.31. The van der Waals surface area contributed by atoms with Gasteiger partial charge in [0.25, 0.3) is 0 Å². The number of likely N-dealkylation sites (tertiary alicyclic amines) is 1. The lowest BCUT2D eigenvalue weighted by Crippen LogP contribution is -2.37. The van der Waals surface area contributed by atoms with Crippen molar-refractivity contribution < 1.29 is 14.1 Å². The minimum absolute atomic E-state index is 0.0210. The summed E-state index contributed by atoms with van der Waals surface area (Å²) in [7, 11) is 0. The first-order valence-corrected chi connectivity index (χ1v) is 18.7. The van der Waals surface area contributed by atoms with Gasteiger partial charge in [-0.25, -0.2) is 9.97 Å². The van der Waals surface area contributed by atoms with Crippen molar-refractivity contribution in [2.75, 3.05) is 67.6 Å². The van der Waals surface area contributed by atoms with Crippen LogP contribution in [-0.2, 0) is 22.5 Å². The lowest BCUT2D eigenvalue weighted by atomic mass is 9.92. The monoisotopic (exact) mass is 685 g/mol. The summed E-state index contributed by atoms with van der Waals surface area (Å²) >= 11 is 0. The highest BCUT2D eigenvalue weighted by atomic mass is 16.5. The highest BCUT2D eigenvalue weighted by Crippen LogP contribution is 2.37. The molecule has 0 radical (unpaired) electrons. The third-order valence-electron chi connectivity index (χ3n) is 10.6. The number of benzene rings is 3. The summed E-state index contributed by atoms with van der Waals surface area (Å²) in [6, 6.07) is 27.3. The number of carbonyl (C=O) groups excluding carboxylic acids is 1. The molecule has 0 atom stereocenters. The molecule has 3 fully saturated rings. The molecule has 264 valence electrons. The van der Waals surface area contributed by atoms with Crippen LogP contribution in [-0.4, -0.2) is 78.4 Å². The number of aromatic nitrogens is 3. The van der Waals surface area contributed by atoms with Crippen LogP contribution in [0.4, 0.5) is 17.2 Å². The first-order chi connectivity index (χ1) is 25.2. The Hall–Kier alpha value is -4.80. The van der Waals surface area contributed by atoms with Gasteiger partial charge in [-0.05, 0) is 99.1 Å². The number of hydrogen-bond acceptors (Lipinski definition) is 9. The number of anilines is 3. The largest absolute Gasteiger partial charge is 0.378 e. The van der Waals surface area contributed by atoms with Gasteiger partial charge in [-0.3, -0.25) is 9.69 Å². The van der Waals surface area contributed by atoms with Gasteiger partial charge in [-0.15, -0.1) is 0 Å². The van der Waals surface area contributed by atoms with E-state index in [0.29, 0.717) is 31.0 Å². The summed E-state index contributed by atoms with van der Waals surface area (Å²) in [5.41, 5.74) is 7.93. The van der Waals surface area contributed by atoms with Crippen LogP contribution < -0.4 is 15.1 Å². The number of ether oxygens (including phenoxy) is 1. The van der Waals surface area contributed by atoms with Gasteiger partial charge in [0.15, 0.2) is 11.6 Å². The Kier molecular flexibility index (Phi) is 10.2. The number of hydrogen-bond donors (Lipinski definition) is 1. The van der Waals surface area contributed by atoms with Crippen molar-refractivity contribution in [3.05, 3.63) is 95.7 Å². The molecule has 0 aliphatic carbocycles. The molecule has 5 heterocycles. The summed E-state index contributed by atoms with van der Waals surface area (Å²) in [6.07, 6.45) is 6.71. The van der Waals surface area contributed by atoms with E-state index in [1.54, 1.807) is 0 Å². The zero-order valence-corrected chi connectivity index (χ0v) is 29.3. The fourth-order valence-corrected chi connectivity index (χ4v) is 7.65. The number of aryl methyl sites for hydroxylation is 1. The van der Waals surface area contributed by atoms with Gasteiger partial charge in [0.05, 0.1) is 13.2 Å². The first kappa shape index (κ1) is 33.3. The van der Waals surface area contributed by atoms with E-state index >= 15 is 0 Å². The molecule has 3 aliphatic heterocycles. The predicted molar refractivity (Wildman–Crippen MR) is 201 cm³/mol. The van der Waals surface area contributed by atoms with Crippen molar-refractivity contribution in [3.8, 4) is 11.4 Å². The van der Waals surface area contributed by atoms with Crippen LogP contribution in [0.2, 0.25) is 0 Å². The molecular weight excluding hydrogens is 638 g/mol. The average molecular weight is 686 g/mol. The third-order valence-corrected chi connectivity index (χ3v) is 10.6. The predicted octanol–water partition coefficient (Wildman–Crippen LogP) is 7.06. The van der Waals surface area contributed by atoms with Gasteiger partial charge < -0.3 is 24.4 Å². The summed E-state index contributed by atoms with van der Waals surface area (Å²) in [5, 5.41) is 7.70. The van der Waals surface area contributed by atoms with E-state index in [-0.39, 0.29) is 11.8 Å². The normalized spacial score (nSPS) is 17.3. The summed E-state index contributed by atoms with van der Waals surface area (Å²) in [5.74, 6) is 1.68. The summed E-state index contributed by atoms with van der Waals surface area (Å²) in [4.78, 5) is 30.1. The van der Waals surface area contributed by atoms with E-state index in [2.05, 4.69) is 79.8 Å². The van der Waals surface area contributed by atoms with Gasteiger partial charge in [0, 0.05) is 62.0 Å². The molecule has 8 rings (SSSR count). The number of carbonyl (C=O) groups is 1. The number of morpholine rings is 1. The Morgan fingerprint density at radius 2 is 1.53 bits per heavy atom. The molecule has 0 bridgehead atoms. The van der Waals surface area contributed by atoms with Crippen LogP contribution in [0, 0.1) is 0 Å². The second kappa shape index (κ2) is 15.6. The second-order valence-electron chi connectivity index (χ2n) is 14.1. The zero-order chi connectivity index (χ0) is 34.4. The summed E-state index contributed by atoms with van der Waals surface area (Å²) < 4.78 is 11.7. The third kappa shape index (κ3) is 7.92. The highest BCUT2D eigenvalue weighted by molar-refractivity contribution is 5.91. The number of nitrogens with zero attached hydrogens (tertiary/aromatic N) is 6. The molecule has 1 N–H and O–H groups in total. The van der Waals surface area contributed by atoms with Gasteiger partial charge in [-0.1, -0.05) is 47.6 Å². The maximum absolute atomic E-state index is 12.8. The molecule has 1 amide bonds. The van der Waals surface area contributed by atoms with E-state index in [9.17, 15) is 4.79 Å². The maximum atomic E-state index is 12.8. The van der Waals surface area contributed by atoms with Crippen LogP contribution in [0.15, 0.2) is 83.4 Å². The zero-order valence-electron chi connectivity index (χ0n) is 29.3. The fourth-order valence-electron chi connectivity index (χ4n) is 7.65. The number of fused-ring (bicyclic) bond motifs is 1. The molecule has 5 aromatic rings. The molecule has 0 spiro atoms. The number of piperidine rings is 1. The Bertz CT molecular complexity index is 1890. The smallest absolute Gasteiger partial charge is 0.227 e. The molecule has 10 nitrogen and oxygen atoms in total. The van der Waals surface area contributed by atoms with Crippen LogP contribution in [0.1, 0.15) is 61.3 Å². The Labute approximate surface area is 299 Å². The molecule has 3 aliphatic rings. The first-order valence-electron chi connectivity index (χ1n) is 18.7. The minimum atomic E-state index is 0.0210. The van der Waals surface area contributed by atoms with Crippen LogP contribution >= 0.6 is 0 Å². The fraction of sp³-hybridized carbons (Fsp3) is 0.415. The lowest BCUT2D eigenvalue weighted by molar-refractivity contribution is -0.116. The number of nitrogens with one attached hydrogen (secondary N) is 1. The van der Waals surface area contributed by atoms with Crippen molar-refractivity contribution >= 4 is 34.2 Å². The van der Waals surface area contributed by atoms with Crippen LogP contribution in [0.5, 0.6) is 0 Å². The standard InChI is InChI=1S/C41H47N7O3/c49-36(10-6-9-30-11-17-35(18-12-30)47-21-4-5-22-47)42-34-15-13-33(14-16-34)40-43-38-37(45-51-39(38)41(44-40)48-25-27-50-28-26-48)32-19-23-46(24-20-32)29-31-7-2-1-3-8-31/h1-3,7-8,11-18,32H,4-6,9-10,19-29H2,(H,42,49). The second-order valence-corrected chi connectivity index (χ2v) is 14.1. The molecule has 51 heavy (non-hydrogen) atoms. The average Bonchev–Trinajstić information content (AvgIpc) is 3.88. The van der Waals surface area contributed by atoms with Crippen molar-refractivity contribution in [1.29, 1.82) is 0 Å². The quantitative estimate of drug-likeness (QED) is 0.157. The van der Waals surface area contributed by atoms with Gasteiger partial charge >= 0.3 is 0 Å². The summed E-state index contributed by atoms with van der Waals surface area (Å²) in [6.45, 7) is 8.01. The van der Waals surface area contributed by atoms with E-state index in [4.69, 9.17) is 19.2 Å². The van der Waals surface area contributed by atoms with E-state index in [1.807, 2.05) is 24.3 Å². The Morgan fingerprint density at radius 3 is 2.27 bits per heavy atom. The molecule has 2 aromatic heterocycles. The number of amides is 1. The van der Waals surface area contributed by atoms with E-state index in [0.717, 1.165) is 99.8 Å². The minimum Gasteiger partial charge on any atom is -0.378 e. The molecule has 0 saturated carbocycles. The Balaban J connectivity index is 0.930. The van der Waals surface area contributed by atoms with Crippen molar-refractivity contribution in [1.82, 2.24) is 20.0 Å².